The highest BCUT2D eigenvalue weighted by Crippen LogP contribution is 2.30. The van der Waals surface area contributed by atoms with Crippen LogP contribution in [0, 0.1) is 0 Å². The van der Waals surface area contributed by atoms with Crippen LogP contribution in [0.2, 0.25) is 0 Å². The van der Waals surface area contributed by atoms with E-state index in [-0.39, 0.29) is 5.91 Å². The Morgan fingerprint density at radius 3 is 2.44 bits per heavy atom. The van der Waals surface area contributed by atoms with Crippen LogP contribution in [0.3, 0.4) is 0 Å². The number of anilines is 1. The van der Waals surface area contributed by atoms with Crippen LogP contribution in [0.4, 0.5) is 5.69 Å². The number of amides is 1. The molecule has 0 bridgehead atoms. The molecule has 5 rings (SSSR count). The average Bonchev–Trinajstić information content (AvgIpc) is 3.31. The van der Waals surface area contributed by atoms with Crippen molar-refractivity contribution in [1.82, 2.24) is 4.98 Å². The molecule has 1 heterocycles. The van der Waals surface area contributed by atoms with E-state index in [1.165, 1.54) is 5.56 Å². The fourth-order valence-electron chi connectivity index (χ4n) is 4.07. The van der Waals surface area contributed by atoms with Gasteiger partial charge in [-0.3, -0.25) is 4.79 Å². The molecular weight excluding hydrogens is 424 g/mol. The van der Waals surface area contributed by atoms with E-state index in [4.69, 9.17) is 9.15 Å². The van der Waals surface area contributed by atoms with Gasteiger partial charge in [-0.25, -0.2) is 4.98 Å². The van der Waals surface area contributed by atoms with Gasteiger partial charge in [-0.05, 0) is 77.2 Å². The number of rotatable bonds is 6. The van der Waals surface area contributed by atoms with Crippen LogP contribution in [0.15, 0.2) is 83.3 Å². The van der Waals surface area contributed by atoms with E-state index >= 15 is 0 Å². The van der Waals surface area contributed by atoms with E-state index < -0.39 is 0 Å². The SMILES string of the molecule is CC[C@H](C)c1ccc2oc(-c3ccc(NC(=O)c4cc5ccccc5cc4OC)cc3)nc2c1. The maximum atomic E-state index is 13.0. The lowest BCUT2D eigenvalue weighted by atomic mass is 9.98. The van der Waals surface area contributed by atoms with Gasteiger partial charge in [0.25, 0.3) is 5.91 Å². The predicted octanol–water partition coefficient (Wildman–Crippen LogP) is 7.42. The predicted molar refractivity (Wildman–Crippen MR) is 137 cm³/mol. The van der Waals surface area contributed by atoms with Gasteiger partial charge in [0.05, 0.1) is 12.7 Å². The maximum Gasteiger partial charge on any atom is 0.259 e. The standard InChI is InChI=1S/C29H26N2O3/c1-4-18(2)20-11-14-26-25(16-20)31-29(34-26)19-9-12-23(13-10-19)30-28(32)24-15-21-7-5-6-8-22(21)17-27(24)33-3/h5-18H,4H2,1-3H3,(H,30,32)/t18-/m0/s1. The van der Waals surface area contributed by atoms with Crippen LogP contribution in [-0.4, -0.2) is 18.0 Å². The molecule has 5 heteroatoms. The van der Waals surface area contributed by atoms with Crippen LogP contribution in [0.25, 0.3) is 33.3 Å². The molecule has 1 aromatic heterocycles. The summed E-state index contributed by atoms with van der Waals surface area (Å²) in [6.45, 7) is 4.39. The number of benzene rings is 4. The van der Waals surface area contributed by atoms with Gasteiger partial charge in [0, 0.05) is 11.3 Å². The topological polar surface area (TPSA) is 64.4 Å². The highest BCUT2D eigenvalue weighted by atomic mass is 16.5. The van der Waals surface area contributed by atoms with Crippen molar-refractivity contribution >= 4 is 33.5 Å². The molecule has 0 aliphatic carbocycles. The van der Waals surface area contributed by atoms with E-state index in [9.17, 15) is 4.79 Å². The Kier molecular flexibility index (Phi) is 5.76. The van der Waals surface area contributed by atoms with Crippen molar-refractivity contribution in [3.05, 3.63) is 90.0 Å². The van der Waals surface area contributed by atoms with Crippen LogP contribution in [0.1, 0.15) is 42.1 Å². The number of methoxy groups -OCH3 is 1. The summed E-state index contributed by atoms with van der Waals surface area (Å²) >= 11 is 0. The molecule has 0 spiro atoms. The number of ether oxygens (including phenoxy) is 1. The molecule has 5 aromatic rings. The van der Waals surface area contributed by atoms with Gasteiger partial charge in [-0.15, -0.1) is 0 Å². The van der Waals surface area contributed by atoms with Crippen molar-refractivity contribution < 1.29 is 13.9 Å². The minimum absolute atomic E-state index is 0.227. The molecular formula is C29H26N2O3. The van der Waals surface area contributed by atoms with Gasteiger partial charge in [0.15, 0.2) is 5.58 Å². The molecule has 0 radical (unpaired) electrons. The molecule has 1 N–H and O–H groups in total. The molecule has 0 unspecified atom stereocenters. The first-order chi connectivity index (χ1) is 16.6. The Morgan fingerprint density at radius 1 is 1.00 bits per heavy atom. The van der Waals surface area contributed by atoms with Gasteiger partial charge >= 0.3 is 0 Å². The smallest absolute Gasteiger partial charge is 0.259 e. The summed E-state index contributed by atoms with van der Waals surface area (Å²) in [6.07, 6.45) is 1.08. The Bertz CT molecular complexity index is 1490. The summed E-state index contributed by atoms with van der Waals surface area (Å²) in [6, 6.07) is 25.3. The molecule has 170 valence electrons. The highest BCUT2D eigenvalue weighted by molar-refractivity contribution is 6.08. The zero-order chi connectivity index (χ0) is 23.7. The highest BCUT2D eigenvalue weighted by Gasteiger charge is 2.15. The van der Waals surface area contributed by atoms with E-state index in [0.717, 1.165) is 33.9 Å². The lowest BCUT2D eigenvalue weighted by Crippen LogP contribution is -2.13. The van der Waals surface area contributed by atoms with Crippen molar-refractivity contribution in [3.63, 3.8) is 0 Å². The molecule has 1 amide bonds. The first-order valence-electron chi connectivity index (χ1n) is 11.4. The quantitative estimate of drug-likeness (QED) is 0.292. The molecule has 0 saturated carbocycles. The van der Waals surface area contributed by atoms with Crippen molar-refractivity contribution in [2.75, 3.05) is 12.4 Å². The van der Waals surface area contributed by atoms with Crippen LogP contribution in [-0.2, 0) is 0 Å². The fourth-order valence-corrected chi connectivity index (χ4v) is 4.07. The van der Waals surface area contributed by atoms with E-state index in [2.05, 4.69) is 36.3 Å². The third kappa shape index (κ3) is 4.13. The van der Waals surface area contributed by atoms with Crippen molar-refractivity contribution in [1.29, 1.82) is 0 Å². The second-order valence-electron chi connectivity index (χ2n) is 8.49. The van der Waals surface area contributed by atoms with Gasteiger partial charge in [0.2, 0.25) is 5.89 Å². The number of nitrogens with zero attached hydrogens (tertiary/aromatic N) is 1. The number of fused-ring (bicyclic) bond motifs is 2. The monoisotopic (exact) mass is 450 g/mol. The van der Waals surface area contributed by atoms with E-state index in [0.29, 0.717) is 28.8 Å². The minimum atomic E-state index is -0.227. The molecule has 1 atom stereocenters. The van der Waals surface area contributed by atoms with Gasteiger partial charge in [-0.1, -0.05) is 44.2 Å². The summed E-state index contributed by atoms with van der Waals surface area (Å²) in [7, 11) is 1.57. The van der Waals surface area contributed by atoms with Crippen LogP contribution >= 0.6 is 0 Å². The second-order valence-corrected chi connectivity index (χ2v) is 8.49. The summed E-state index contributed by atoms with van der Waals surface area (Å²) in [5.74, 6) is 1.35. The number of nitrogens with one attached hydrogen (secondary N) is 1. The largest absolute Gasteiger partial charge is 0.496 e. The number of aromatic nitrogens is 1. The number of hydrogen-bond donors (Lipinski definition) is 1. The lowest BCUT2D eigenvalue weighted by Gasteiger charge is -2.11. The van der Waals surface area contributed by atoms with E-state index in [1.54, 1.807) is 7.11 Å². The zero-order valence-electron chi connectivity index (χ0n) is 19.5. The Balaban J connectivity index is 1.37. The van der Waals surface area contributed by atoms with Crippen LogP contribution < -0.4 is 10.1 Å². The second kappa shape index (κ2) is 9.02. The first-order valence-corrected chi connectivity index (χ1v) is 11.4. The third-order valence-electron chi connectivity index (χ3n) is 6.30. The van der Waals surface area contributed by atoms with E-state index in [1.807, 2.05) is 66.7 Å². The van der Waals surface area contributed by atoms with Crippen molar-refractivity contribution in [2.45, 2.75) is 26.2 Å². The average molecular weight is 451 g/mol. The molecule has 34 heavy (non-hydrogen) atoms. The molecule has 4 aromatic carbocycles. The summed E-state index contributed by atoms with van der Waals surface area (Å²) in [5, 5.41) is 4.96. The summed E-state index contributed by atoms with van der Waals surface area (Å²) < 4.78 is 11.4. The first kappa shape index (κ1) is 21.7. The number of oxazole rings is 1. The number of carbonyl (C=O) groups is 1. The fraction of sp³-hybridized carbons (Fsp3) is 0.172. The third-order valence-corrected chi connectivity index (χ3v) is 6.30. The number of carbonyl (C=O) groups excluding carboxylic acids is 1. The zero-order valence-corrected chi connectivity index (χ0v) is 19.5. The van der Waals surface area contributed by atoms with Gasteiger partial charge in [0.1, 0.15) is 11.3 Å². The molecule has 0 aliphatic rings. The van der Waals surface area contributed by atoms with Gasteiger partial charge < -0.3 is 14.5 Å². The number of hydrogen-bond acceptors (Lipinski definition) is 4. The maximum absolute atomic E-state index is 13.0. The normalized spacial score (nSPS) is 12.1. The molecule has 5 nitrogen and oxygen atoms in total. The molecule has 0 saturated heterocycles. The molecule has 0 fully saturated rings. The van der Waals surface area contributed by atoms with Crippen LogP contribution in [0.5, 0.6) is 5.75 Å². The minimum Gasteiger partial charge on any atom is -0.496 e. The summed E-state index contributed by atoms with van der Waals surface area (Å²) in [5.41, 5.74) is 4.90. The van der Waals surface area contributed by atoms with Crippen molar-refractivity contribution in [3.8, 4) is 17.2 Å². The Hall–Kier alpha value is -4.12. The van der Waals surface area contributed by atoms with Gasteiger partial charge in [-0.2, -0.15) is 0 Å². The Morgan fingerprint density at radius 2 is 1.74 bits per heavy atom. The van der Waals surface area contributed by atoms with Crippen molar-refractivity contribution in [2.24, 2.45) is 0 Å². The Labute approximate surface area is 198 Å². The lowest BCUT2D eigenvalue weighted by molar-refractivity contribution is 0.102. The summed E-state index contributed by atoms with van der Waals surface area (Å²) in [4.78, 5) is 17.7. The molecule has 0 aliphatic heterocycles.